The van der Waals surface area contributed by atoms with Gasteiger partial charge in [-0.3, -0.25) is 4.79 Å². The van der Waals surface area contributed by atoms with E-state index in [0.717, 1.165) is 11.4 Å². The lowest BCUT2D eigenvalue weighted by atomic mass is 10.0. The van der Waals surface area contributed by atoms with Gasteiger partial charge in [-0.1, -0.05) is 25.1 Å². The molecule has 1 aromatic carbocycles. The zero-order chi connectivity index (χ0) is 16.3. The molecule has 2 N–H and O–H groups in total. The normalized spacial score (nSPS) is 13.7. The van der Waals surface area contributed by atoms with Crippen LogP contribution in [0.4, 0.5) is 0 Å². The third-order valence-electron chi connectivity index (χ3n) is 4.02. The summed E-state index contributed by atoms with van der Waals surface area (Å²) >= 11 is 0. The number of amides is 1. The number of hydrogen-bond acceptors (Lipinski definition) is 3. The maximum Gasteiger partial charge on any atom is 0.255 e. The summed E-state index contributed by atoms with van der Waals surface area (Å²) in [6.07, 6.45) is 0. The van der Waals surface area contributed by atoms with Crippen LogP contribution >= 0.6 is 0 Å². The van der Waals surface area contributed by atoms with Gasteiger partial charge in [-0.2, -0.15) is 5.10 Å². The van der Waals surface area contributed by atoms with E-state index in [1.165, 1.54) is 0 Å². The number of aryl methyl sites for hydroxylation is 1. The fourth-order valence-electron chi connectivity index (χ4n) is 2.37. The Morgan fingerprint density at radius 3 is 2.50 bits per heavy atom. The number of nitrogens with zero attached hydrogens (tertiary/aromatic N) is 2. The molecule has 5 heteroatoms. The fraction of sp³-hybridized carbons (Fsp3) is 0.412. The van der Waals surface area contributed by atoms with Gasteiger partial charge in [0, 0.05) is 12.6 Å². The molecular weight excluding hydrogens is 278 g/mol. The van der Waals surface area contributed by atoms with Crippen LogP contribution in [0, 0.1) is 19.8 Å². The number of nitrogens with one attached hydrogen (secondary N) is 1. The van der Waals surface area contributed by atoms with Crippen LogP contribution in [0.3, 0.4) is 0 Å². The SMILES string of the molecule is Cc1nn(-c2ccccc2)c(C)c1C(=O)NC(C)C(C)CO. The summed E-state index contributed by atoms with van der Waals surface area (Å²) in [5.41, 5.74) is 3.03. The first kappa shape index (κ1) is 16.2. The number of carbonyl (C=O) groups excluding carboxylic acids is 1. The monoisotopic (exact) mass is 301 g/mol. The van der Waals surface area contributed by atoms with Gasteiger partial charge in [0.15, 0.2) is 0 Å². The number of aliphatic hydroxyl groups is 1. The number of carbonyl (C=O) groups is 1. The second kappa shape index (κ2) is 6.75. The summed E-state index contributed by atoms with van der Waals surface area (Å²) in [5.74, 6) is -0.140. The van der Waals surface area contributed by atoms with Gasteiger partial charge in [-0.25, -0.2) is 4.68 Å². The Morgan fingerprint density at radius 2 is 1.91 bits per heavy atom. The van der Waals surface area contributed by atoms with Crippen LogP contribution in [0.2, 0.25) is 0 Å². The average Bonchev–Trinajstić information content (AvgIpc) is 2.82. The smallest absolute Gasteiger partial charge is 0.255 e. The van der Waals surface area contributed by atoms with Gasteiger partial charge in [-0.05, 0) is 38.8 Å². The highest BCUT2D eigenvalue weighted by molar-refractivity contribution is 5.96. The Bertz CT molecular complexity index is 649. The van der Waals surface area contributed by atoms with E-state index in [0.29, 0.717) is 11.3 Å². The predicted molar refractivity (Wildman–Crippen MR) is 86.2 cm³/mol. The summed E-state index contributed by atoms with van der Waals surface area (Å²) in [5, 5.41) is 16.6. The summed E-state index contributed by atoms with van der Waals surface area (Å²) in [7, 11) is 0. The molecule has 118 valence electrons. The Hall–Kier alpha value is -2.14. The molecule has 0 aliphatic rings. The minimum Gasteiger partial charge on any atom is -0.396 e. The Labute approximate surface area is 131 Å². The van der Waals surface area contributed by atoms with E-state index in [1.54, 1.807) is 4.68 Å². The molecule has 0 aliphatic carbocycles. The molecule has 0 aliphatic heterocycles. The van der Waals surface area contributed by atoms with Crippen molar-refractivity contribution in [1.29, 1.82) is 0 Å². The van der Waals surface area contributed by atoms with Crippen molar-refractivity contribution in [1.82, 2.24) is 15.1 Å². The molecule has 2 unspecified atom stereocenters. The van der Waals surface area contributed by atoms with E-state index in [2.05, 4.69) is 10.4 Å². The number of rotatable bonds is 5. The van der Waals surface area contributed by atoms with Crippen molar-refractivity contribution in [2.45, 2.75) is 33.7 Å². The highest BCUT2D eigenvalue weighted by atomic mass is 16.3. The van der Waals surface area contributed by atoms with Gasteiger partial charge in [0.1, 0.15) is 0 Å². The number of para-hydroxylation sites is 1. The Balaban J connectivity index is 2.29. The lowest BCUT2D eigenvalue weighted by molar-refractivity contribution is 0.0915. The van der Waals surface area contributed by atoms with Crippen molar-refractivity contribution in [3.63, 3.8) is 0 Å². The predicted octanol–water partition coefficient (Wildman–Crippen LogP) is 2.24. The van der Waals surface area contributed by atoms with Crippen molar-refractivity contribution >= 4 is 5.91 Å². The molecule has 2 aromatic rings. The van der Waals surface area contributed by atoms with Crippen molar-refractivity contribution in [2.75, 3.05) is 6.61 Å². The van der Waals surface area contributed by atoms with Crippen LogP contribution in [0.1, 0.15) is 35.6 Å². The Morgan fingerprint density at radius 1 is 1.27 bits per heavy atom. The van der Waals surface area contributed by atoms with E-state index in [1.807, 2.05) is 58.0 Å². The first-order valence-corrected chi connectivity index (χ1v) is 7.49. The van der Waals surface area contributed by atoms with Crippen LogP contribution in [-0.2, 0) is 0 Å². The minimum absolute atomic E-state index is 0.00808. The van der Waals surface area contributed by atoms with Gasteiger partial charge in [0.25, 0.3) is 5.91 Å². The molecule has 22 heavy (non-hydrogen) atoms. The number of aliphatic hydroxyl groups excluding tert-OH is 1. The van der Waals surface area contributed by atoms with Crippen molar-refractivity contribution in [3.8, 4) is 5.69 Å². The number of hydrogen-bond donors (Lipinski definition) is 2. The van der Waals surface area contributed by atoms with Gasteiger partial charge >= 0.3 is 0 Å². The molecule has 2 atom stereocenters. The average molecular weight is 301 g/mol. The first-order valence-electron chi connectivity index (χ1n) is 7.49. The maximum atomic E-state index is 12.5. The summed E-state index contributed by atoms with van der Waals surface area (Å²) < 4.78 is 1.78. The zero-order valence-electron chi connectivity index (χ0n) is 13.5. The topological polar surface area (TPSA) is 67.2 Å². The molecule has 1 aromatic heterocycles. The second-order valence-electron chi connectivity index (χ2n) is 5.72. The molecule has 0 fully saturated rings. The fourth-order valence-corrected chi connectivity index (χ4v) is 2.37. The van der Waals surface area contributed by atoms with Gasteiger partial charge in [0.05, 0.1) is 22.6 Å². The van der Waals surface area contributed by atoms with Crippen molar-refractivity contribution in [2.24, 2.45) is 5.92 Å². The molecule has 0 saturated carbocycles. The van der Waals surface area contributed by atoms with Crippen LogP contribution in [0.5, 0.6) is 0 Å². The highest BCUT2D eigenvalue weighted by Crippen LogP contribution is 2.18. The molecule has 5 nitrogen and oxygen atoms in total. The maximum absolute atomic E-state index is 12.5. The lowest BCUT2D eigenvalue weighted by Crippen LogP contribution is -2.38. The lowest BCUT2D eigenvalue weighted by Gasteiger charge is -2.19. The van der Waals surface area contributed by atoms with E-state index >= 15 is 0 Å². The van der Waals surface area contributed by atoms with E-state index in [4.69, 9.17) is 0 Å². The first-order chi connectivity index (χ1) is 10.5. The van der Waals surface area contributed by atoms with Crippen LogP contribution in [-0.4, -0.2) is 33.4 Å². The molecule has 0 spiro atoms. The van der Waals surface area contributed by atoms with E-state index in [9.17, 15) is 9.90 Å². The number of aromatic nitrogens is 2. The molecule has 1 amide bonds. The summed E-state index contributed by atoms with van der Waals surface area (Å²) in [6, 6.07) is 9.64. The van der Waals surface area contributed by atoms with Gasteiger partial charge < -0.3 is 10.4 Å². The highest BCUT2D eigenvalue weighted by Gasteiger charge is 2.22. The van der Waals surface area contributed by atoms with Crippen LogP contribution in [0.25, 0.3) is 5.69 Å². The molecular formula is C17H23N3O2. The van der Waals surface area contributed by atoms with Crippen molar-refractivity contribution in [3.05, 3.63) is 47.3 Å². The quantitative estimate of drug-likeness (QED) is 0.890. The standard InChI is InChI=1S/C17H23N3O2/c1-11(10-21)12(2)18-17(22)16-13(3)19-20(14(16)4)15-8-6-5-7-9-15/h5-9,11-12,21H,10H2,1-4H3,(H,18,22). The molecule has 0 bridgehead atoms. The van der Waals surface area contributed by atoms with Crippen LogP contribution < -0.4 is 5.32 Å². The van der Waals surface area contributed by atoms with Crippen molar-refractivity contribution < 1.29 is 9.90 Å². The van der Waals surface area contributed by atoms with Crippen LogP contribution in [0.15, 0.2) is 30.3 Å². The largest absolute Gasteiger partial charge is 0.396 e. The zero-order valence-corrected chi connectivity index (χ0v) is 13.5. The van der Waals surface area contributed by atoms with E-state index in [-0.39, 0.29) is 24.5 Å². The molecule has 0 saturated heterocycles. The van der Waals surface area contributed by atoms with Gasteiger partial charge in [0.2, 0.25) is 0 Å². The summed E-state index contributed by atoms with van der Waals surface area (Å²) in [4.78, 5) is 12.5. The Kier molecular flexibility index (Phi) is 4.98. The summed E-state index contributed by atoms with van der Waals surface area (Å²) in [6.45, 7) is 7.56. The van der Waals surface area contributed by atoms with Gasteiger partial charge in [-0.15, -0.1) is 0 Å². The molecule has 1 heterocycles. The minimum atomic E-state index is -0.148. The number of benzene rings is 1. The second-order valence-corrected chi connectivity index (χ2v) is 5.72. The molecule has 2 rings (SSSR count). The third kappa shape index (κ3) is 3.20. The molecule has 0 radical (unpaired) electrons. The third-order valence-corrected chi connectivity index (χ3v) is 4.02. The van der Waals surface area contributed by atoms with E-state index < -0.39 is 0 Å².